The number of pyridine rings is 3. The van der Waals surface area contributed by atoms with Gasteiger partial charge in [-0.2, -0.15) is 23.2 Å². The second-order valence-corrected chi connectivity index (χ2v) is 17.5. The lowest BCUT2D eigenvalue weighted by Crippen LogP contribution is -2.06. The number of nitriles is 2. The van der Waals surface area contributed by atoms with E-state index in [9.17, 15) is 22.8 Å². The van der Waals surface area contributed by atoms with Crippen LogP contribution in [0.15, 0.2) is 72.8 Å². The highest BCUT2D eigenvalue weighted by molar-refractivity contribution is 7.81. The molecule has 0 radical (unpaired) electrons. The molecule has 4 aromatic heterocycles. The van der Waals surface area contributed by atoms with Crippen molar-refractivity contribution in [3.63, 3.8) is 0 Å². The summed E-state index contributed by atoms with van der Waals surface area (Å²) in [6, 6.07) is 22.9. The number of thiophene rings is 1. The number of halogens is 6. The van der Waals surface area contributed by atoms with Gasteiger partial charge in [-0.05, 0) is 62.4 Å². The molecule has 27 heteroatoms. The van der Waals surface area contributed by atoms with Crippen molar-refractivity contribution in [2.24, 2.45) is 5.73 Å². The first-order chi connectivity index (χ1) is 38.3. The number of benzene rings is 3. The van der Waals surface area contributed by atoms with E-state index in [-0.39, 0.29) is 80.2 Å². The zero-order valence-electron chi connectivity index (χ0n) is 44.3. The molecule has 3 aromatic carbocycles. The summed E-state index contributed by atoms with van der Waals surface area (Å²) >= 11 is 21.2. The van der Waals surface area contributed by atoms with Crippen LogP contribution in [0.1, 0.15) is 51.3 Å². The van der Waals surface area contributed by atoms with Gasteiger partial charge in [-0.3, -0.25) is 4.79 Å². The number of carbonyl (C=O) groups is 2. The van der Waals surface area contributed by atoms with E-state index in [0.29, 0.717) is 46.4 Å². The zero-order chi connectivity index (χ0) is 59.5. The van der Waals surface area contributed by atoms with Crippen LogP contribution in [0.25, 0.3) is 10.2 Å². The molecule has 80 heavy (non-hydrogen) atoms. The van der Waals surface area contributed by atoms with Crippen molar-refractivity contribution in [3.05, 3.63) is 138 Å². The molecule has 0 aliphatic carbocycles. The van der Waals surface area contributed by atoms with Crippen molar-refractivity contribution in [2.45, 2.75) is 33.5 Å². The van der Waals surface area contributed by atoms with Crippen LogP contribution in [-0.4, -0.2) is 88.5 Å². The van der Waals surface area contributed by atoms with Crippen LogP contribution in [0.5, 0.6) is 34.5 Å². The Hall–Kier alpha value is -7.84. The van der Waals surface area contributed by atoms with E-state index in [4.69, 9.17) is 90.0 Å². The first-order valence-electron chi connectivity index (χ1n) is 23.1. The monoisotopic (exact) mass is 1200 g/mol. The highest BCUT2D eigenvalue weighted by Gasteiger charge is 2.21. The molecule has 0 atom stereocenters. The number of methoxy groups -OCH3 is 6. The van der Waals surface area contributed by atoms with Crippen molar-refractivity contribution in [1.29, 1.82) is 10.5 Å². The SMILES string of the molecule is CCOC(=O)CS.CCOC(=O)c1sc2nc(NCc3ccc(OC)cc3OC)c(F)cc2c1N.COc1ccc(CN)c(OC)c1.COc1ccc(CNc2nc(Cl)c(C#N)cc2F)c(OC)c1.N#Cc1cc(F)c(Cl)nc1Cl. The number of nitrogen functional groups attached to an aromatic ring is 1. The first kappa shape index (κ1) is 66.4. The predicted molar refractivity (Wildman–Crippen MR) is 304 cm³/mol. The van der Waals surface area contributed by atoms with Crippen LogP contribution in [0.3, 0.4) is 0 Å². The third-order valence-electron chi connectivity index (χ3n) is 10.2. The largest absolute Gasteiger partial charge is 0.497 e. The molecule has 0 fully saturated rings. The van der Waals surface area contributed by atoms with Crippen molar-refractivity contribution in [2.75, 3.05) is 78.0 Å². The van der Waals surface area contributed by atoms with Crippen molar-refractivity contribution in [3.8, 4) is 46.6 Å². The predicted octanol–water partition coefficient (Wildman–Crippen LogP) is 11.2. The number of fused-ring (bicyclic) bond motifs is 1. The van der Waals surface area contributed by atoms with Crippen LogP contribution in [-0.2, 0) is 33.9 Å². The molecule has 7 rings (SSSR count). The van der Waals surface area contributed by atoms with Gasteiger partial charge in [0, 0.05) is 59.9 Å². The van der Waals surface area contributed by atoms with Crippen LogP contribution in [0.2, 0.25) is 15.5 Å². The molecule has 4 heterocycles. The summed E-state index contributed by atoms with van der Waals surface area (Å²) in [6.45, 7) is 5.18. The van der Waals surface area contributed by atoms with E-state index in [1.807, 2.05) is 24.3 Å². The fourth-order valence-corrected chi connectivity index (χ4v) is 7.87. The molecule has 0 aliphatic rings. The standard InChI is InChI=1S/C19H20FN3O4S.C15H13ClFN3O2.C9H13NO2.C6HCl2FN2.C4H8O2S/c1-4-27-19(24)16-15(21)12-8-13(20)17(23-18(12)28-16)22-9-10-5-6-11(25-2)7-14(10)26-3;1-21-11-4-3-9(13(6-11)22-2)8-19-15-12(17)5-10(7-18)14(16)20-15;1-11-8-4-3-7(6-10)9(5-8)12-2;7-5-3(2-10)1-4(9)6(8)11-5;1-2-6-4(5)3-7/h5-8H,4,9,21H2,1-3H3,(H,22,23);3-6H,8H2,1-2H3,(H,19,20);3-5H,6,10H2,1-2H3;1H;7H,2-3H2,1H3. The average Bonchev–Trinajstić information content (AvgIpc) is 3.80. The van der Waals surface area contributed by atoms with E-state index in [1.54, 1.807) is 91.9 Å². The lowest BCUT2D eigenvalue weighted by atomic mass is 10.2. The van der Waals surface area contributed by atoms with Gasteiger partial charge in [-0.1, -0.05) is 40.9 Å². The molecule has 0 unspecified atom stereocenters. The van der Waals surface area contributed by atoms with Gasteiger partial charge in [0.05, 0.1) is 78.4 Å². The molecule has 19 nitrogen and oxygen atoms in total. The minimum absolute atomic E-state index is 0.00764. The van der Waals surface area contributed by atoms with E-state index < -0.39 is 23.4 Å². The fraction of sp³-hybridized carbons (Fsp3) is 0.264. The minimum Gasteiger partial charge on any atom is -0.497 e. The molecular formula is C53H55Cl3F3N9O10S2. The molecule has 0 aliphatic heterocycles. The number of nitrogens with two attached hydrogens (primary N) is 2. The van der Waals surface area contributed by atoms with Gasteiger partial charge >= 0.3 is 11.9 Å². The van der Waals surface area contributed by atoms with Gasteiger partial charge in [0.2, 0.25) is 0 Å². The summed E-state index contributed by atoms with van der Waals surface area (Å²) < 4.78 is 81.4. The summed E-state index contributed by atoms with van der Waals surface area (Å²) in [6.07, 6.45) is 0. The molecule has 6 N–H and O–H groups in total. The maximum atomic E-state index is 14.5. The number of anilines is 3. The molecule has 0 amide bonds. The lowest BCUT2D eigenvalue weighted by Gasteiger charge is -2.12. The Kier molecular flexibility index (Phi) is 28.4. The minimum atomic E-state index is -0.743. The molecule has 0 bridgehead atoms. The van der Waals surface area contributed by atoms with Gasteiger partial charge in [0.25, 0.3) is 0 Å². The van der Waals surface area contributed by atoms with Gasteiger partial charge in [-0.15, -0.1) is 11.3 Å². The van der Waals surface area contributed by atoms with Crippen molar-refractivity contribution in [1.82, 2.24) is 15.0 Å². The second kappa shape index (κ2) is 34.2. The summed E-state index contributed by atoms with van der Waals surface area (Å²) in [4.78, 5) is 34.3. The number of ether oxygens (including phenoxy) is 8. The number of carbonyl (C=O) groups excluding carboxylic acids is 2. The zero-order valence-corrected chi connectivity index (χ0v) is 48.2. The Morgan fingerprint density at radius 2 is 1.06 bits per heavy atom. The van der Waals surface area contributed by atoms with Crippen LogP contribution in [0.4, 0.5) is 30.5 Å². The Balaban J connectivity index is 0.000000285. The molecule has 426 valence electrons. The smallest absolute Gasteiger partial charge is 0.350 e. The number of nitrogens with zero attached hydrogens (tertiary/aromatic N) is 5. The van der Waals surface area contributed by atoms with Gasteiger partial charge in [-0.25, -0.2) is 32.9 Å². The number of aromatic nitrogens is 3. The maximum Gasteiger partial charge on any atom is 0.350 e. The number of thiol groups is 1. The van der Waals surface area contributed by atoms with Crippen LogP contribution in [0, 0.1) is 40.1 Å². The maximum absolute atomic E-state index is 14.5. The molecule has 0 saturated heterocycles. The van der Waals surface area contributed by atoms with Gasteiger partial charge in [0.1, 0.15) is 66.6 Å². The molecular weight excluding hydrogens is 1150 g/mol. The molecule has 0 saturated carbocycles. The molecule has 0 spiro atoms. The Morgan fingerprint density at radius 1 is 0.625 bits per heavy atom. The number of esters is 2. The number of hydrogen-bond donors (Lipinski definition) is 5. The van der Waals surface area contributed by atoms with Gasteiger partial charge < -0.3 is 60.0 Å². The average molecular weight is 1210 g/mol. The Bertz CT molecular complexity index is 3300. The second-order valence-electron chi connectivity index (χ2n) is 15.1. The van der Waals surface area contributed by atoms with Crippen LogP contribution < -0.4 is 50.5 Å². The fourth-order valence-electron chi connectivity index (χ4n) is 6.26. The lowest BCUT2D eigenvalue weighted by molar-refractivity contribution is -0.139. The number of nitrogens with one attached hydrogen (secondary N) is 2. The van der Waals surface area contributed by atoms with E-state index >= 15 is 0 Å². The highest BCUT2D eigenvalue weighted by atomic mass is 35.5. The van der Waals surface area contributed by atoms with Crippen LogP contribution >= 0.6 is 58.8 Å². The summed E-state index contributed by atoms with van der Waals surface area (Å²) in [5, 5.41) is 22.8. The highest BCUT2D eigenvalue weighted by Crippen LogP contribution is 2.36. The number of hydrogen-bond acceptors (Lipinski definition) is 21. The number of rotatable bonds is 17. The van der Waals surface area contributed by atoms with Crippen molar-refractivity contribution >= 4 is 98.2 Å². The molecule has 7 aromatic rings. The van der Waals surface area contributed by atoms with E-state index in [0.717, 1.165) is 51.7 Å². The third kappa shape index (κ3) is 19.5. The van der Waals surface area contributed by atoms with Crippen molar-refractivity contribution < 1.29 is 60.7 Å². The third-order valence-corrected chi connectivity index (χ3v) is 12.4. The normalized spacial score (nSPS) is 9.93. The van der Waals surface area contributed by atoms with E-state index in [2.05, 4.69) is 43.0 Å². The summed E-state index contributed by atoms with van der Waals surface area (Å²) in [7, 11) is 9.46. The van der Waals surface area contributed by atoms with Gasteiger partial charge in [0.15, 0.2) is 34.2 Å². The first-order valence-corrected chi connectivity index (χ1v) is 25.7. The summed E-state index contributed by atoms with van der Waals surface area (Å²) in [5.74, 6) is 1.54. The van der Waals surface area contributed by atoms with E-state index in [1.165, 1.54) is 13.2 Å². The quantitative estimate of drug-likeness (QED) is 0.0322. The summed E-state index contributed by atoms with van der Waals surface area (Å²) in [5.41, 5.74) is 14.2. The Morgan fingerprint density at radius 3 is 1.49 bits per heavy atom. The Labute approximate surface area is 484 Å². The topological polar surface area (TPSA) is 270 Å².